The summed E-state index contributed by atoms with van der Waals surface area (Å²) < 4.78 is 5.57. The van der Waals surface area contributed by atoms with Gasteiger partial charge in [0, 0.05) is 12.6 Å². The predicted molar refractivity (Wildman–Crippen MR) is 70.7 cm³/mol. The van der Waals surface area contributed by atoms with Gasteiger partial charge in [0.15, 0.2) is 0 Å². The Balaban J connectivity index is 1.54. The summed E-state index contributed by atoms with van der Waals surface area (Å²) in [4.78, 5) is 11.4. The Morgan fingerprint density at radius 1 is 1.44 bits per heavy atom. The van der Waals surface area contributed by atoms with E-state index >= 15 is 0 Å². The smallest absolute Gasteiger partial charge is 0.234 e. The summed E-state index contributed by atoms with van der Waals surface area (Å²) in [7, 11) is 0. The fraction of sp³-hybridized carbons (Fsp3) is 0.500. The minimum atomic E-state index is 0.0769. The summed E-state index contributed by atoms with van der Waals surface area (Å²) >= 11 is 0. The summed E-state index contributed by atoms with van der Waals surface area (Å²) in [6.45, 7) is 3.65. The summed E-state index contributed by atoms with van der Waals surface area (Å²) in [6, 6.07) is 8.38. The monoisotopic (exact) mass is 248 g/mol. The van der Waals surface area contributed by atoms with E-state index in [1.54, 1.807) is 0 Å². The lowest BCUT2D eigenvalue weighted by molar-refractivity contribution is -0.120. The molecular weight excluding hydrogens is 228 g/mol. The number of hydrogen-bond donors (Lipinski definition) is 2. The van der Waals surface area contributed by atoms with Gasteiger partial charge in [0.1, 0.15) is 12.4 Å². The molecule has 4 heteroatoms. The van der Waals surface area contributed by atoms with Crippen LogP contribution in [0.15, 0.2) is 24.3 Å². The van der Waals surface area contributed by atoms with Gasteiger partial charge in [-0.05, 0) is 37.5 Å². The van der Waals surface area contributed by atoms with Gasteiger partial charge < -0.3 is 15.4 Å². The van der Waals surface area contributed by atoms with Gasteiger partial charge in [0.2, 0.25) is 5.91 Å². The molecule has 0 heterocycles. The van der Waals surface area contributed by atoms with Crippen LogP contribution in [0.5, 0.6) is 5.75 Å². The molecule has 0 bridgehead atoms. The van der Waals surface area contributed by atoms with Gasteiger partial charge in [-0.15, -0.1) is 0 Å². The molecule has 1 saturated carbocycles. The molecule has 4 nitrogen and oxygen atoms in total. The van der Waals surface area contributed by atoms with Crippen LogP contribution in [0, 0.1) is 6.92 Å². The summed E-state index contributed by atoms with van der Waals surface area (Å²) in [6.07, 6.45) is 2.25. The van der Waals surface area contributed by atoms with Crippen molar-refractivity contribution in [3.8, 4) is 5.75 Å². The van der Waals surface area contributed by atoms with Crippen LogP contribution in [0.3, 0.4) is 0 Å². The third-order valence-corrected chi connectivity index (χ3v) is 2.77. The van der Waals surface area contributed by atoms with E-state index in [1.807, 2.05) is 31.2 Å². The maximum atomic E-state index is 11.4. The van der Waals surface area contributed by atoms with Gasteiger partial charge >= 0.3 is 0 Å². The molecule has 1 aliphatic rings. The molecule has 1 fully saturated rings. The molecule has 0 aromatic heterocycles. The van der Waals surface area contributed by atoms with Gasteiger partial charge in [-0.1, -0.05) is 12.1 Å². The van der Waals surface area contributed by atoms with Crippen LogP contribution in [-0.2, 0) is 4.79 Å². The standard InChI is InChI=1S/C14H20N2O2/c1-11-3-2-4-13(9-11)18-8-7-15-10-14(17)16-12-5-6-12/h2-4,9,12,15H,5-8,10H2,1H3,(H,16,17). The van der Waals surface area contributed by atoms with Crippen LogP contribution in [0.4, 0.5) is 0 Å². The van der Waals surface area contributed by atoms with Crippen molar-refractivity contribution >= 4 is 5.91 Å². The molecule has 1 aromatic rings. The van der Waals surface area contributed by atoms with Crippen molar-refractivity contribution in [2.75, 3.05) is 19.7 Å². The van der Waals surface area contributed by atoms with E-state index < -0.39 is 0 Å². The molecule has 2 rings (SSSR count). The molecule has 0 aliphatic heterocycles. The molecule has 98 valence electrons. The highest BCUT2D eigenvalue weighted by Gasteiger charge is 2.22. The highest BCUT2D eigenvalue weighted by atomic mass is 16.5. The Labute approximate surface area is 108 Å². The second kappa shape index (κ2) is 6.40. The maximum Gasteiger partial charge on any atom is 0.234 e. The number of benzene rings is 1. The Kier molecular flexibility index (Phi) is 4.59. The summed E-state index contributed by atoms with van der Waals surface area (Å²) in [5, 5.41) is 5.99. The average Bonchev–Trinajstić information content (AvgIpc) is 3.12. The average molecular weight is 248 g/mol. The van der Waals surface area contributed by atoms with Crippen molar-refractivity contribution in [2.24, 2.45) is 0 Å². The van der Waals surface area contributed by atoms with Crippen LogP contribution in [0.2, 0.25) is 0 Å². The third-order valence-electron chi connectivity index (χ3n) is 2.77. The molecule has 0 unspecified atom stereocenters. The van der Waals surface area contributed by atoms with Crippen LogP contribution in [0.1, 0.15) is 18.4 Å². The lowest BCUT2D eigenvalue weighted by atomic mass is 10.2. The van der Waals surface area contributed by atoms with Crippen LogP contribution >= 0.6 is 0 Å². The van der Waals surface area contributed by atoms with E-state index in [0.29, 0.717) is 25.7 Å². The van der Waals surface area contributed by atoms with E-state index in [2.05, 4.69) is 10.6 Å². The first-order chi connectivity index (χ1) is 8.74. The van der Waals surface area contributed by atoms with Crippen LogP contribution in [0.25, 0.3) is 0 Å². The zero-order valence-corrected chi connectivity index (χ0v) is 10.7. The van der Waals surface area contributed by atoms with Crippen molar-refractivity contribution in [1.29, 1.82) is 0 Å². The van der Waals surface area contributed by atoms with E-state index in [4.69, 9.17) is 4.74 Å². The molecule has 2 N–H and O–H groups in total. The highest BCUT2D eigenvalue weighted by Crippen LogP contribution is 2.18. The Bertz CT molecular complexity index is 403. The number of aryl methyl sites for hydroxylation is 1. The highest BCUT2D eigenvalue weighted by molar-refractivity contribution is 5.78. The minimum absolute atomic E-state index is 0.0769. The lowest BCUT2D eigenvalue weighted by Crippen LogP contribution is -2.36. The molecule has 1 aromatic carbocycles. The SMILES string of the molecule is Cc1cccc(OCCNCC(=O)NC2CC2)c1. The van der Waals surface area contributed by atoms with E-state index in [-0.39, 0.29) is 5.91 Å². The van der Waals surface area contributed by atoms with Gasteiger partial charge in [-0.3, -0.25) is 4.79 Å². The first kappa shape index (κ1) is 12.9. The van der Waals surface area contributed by atoms with Gasteiger partial charge in [-0.25, -0.2) is 0 Å². The number of carbonyl (C=O) groups excluding carboxylic acids is 1. The summed E-state index contributed by atoms with van der Waals surface area (Å²) in [5.41, 5.74) is 1.18. The van der Waals surface area contributed by atoms with Crippen molar-refractivity contribution in [2.45, 2.75) is 25.8 Å². The quantitative estimate of drug-likeness (QED) is 0.714. The fourth-order valence-electron chi connectivity index (χ4n) is 1.65. The van der Waals surface area contributed by atoms with Crippen molar-refractivity contribution in [1.82, 2.24) is 10.6 Å². The topological polar surface area (TPSA) is 50.4 Å². The van der Waals surface area contributed by atoms with Crippen molar-refractivity contribution in [3.05, 3.63) is 29.8 Å². The third kappa shape index (κ3) is 4.75. The first-order valence-electron chi connectivity index (χ1n) is 6.43. The number of nitrogens with one attached hydrogen (secondary N) is 2. The second-order valence-electron chi connectivity index (χ2n) is 4.68. The fourth-order valence-corrected chi connectivity index (χ4v) is 1.65. The molecule has 1 amide bonds. The first-order valence-corrected chi connectivity index (χ1v) is 6.43. The molecule has 0 saturated heterocycles. The summed E-state index contributed by atoms with van der Waals surface area (Å²) in [5.74, 6) is 0.951. The molecule has 0 spiro atoms. The van der Waals surface area contributed by atoms with Crippen molar-refractivity contribution < 1.29 is 9.53 Å². The normalized spacial score (nSPS) is 14.3. The zero-order chi connectivity index (χ0) is 12.8. The van der Waals surface area contributed by atoms with Gasteiger partial charge in [0.05, 0.1) is 6.54 Å². The predicted octanol–water partition coefficient (Wildman–Crippen LogP) is 1.24. The van der Waals surface area contributed by atoms with E-state index in [9.17, 15) is 4.79 Å². The van der Waals surface area contributed by atoms with Crippen LogP contribution < -0.4 is 15.4 Å². The molecular formula is C14H20N2O2. The molecule has 0 atom stereocenters. The maximum absolute atomic E-state index is 11.4. The number of ether oxygens (including phenoxy) is 1. The minimum Gasteiger partial charge on any atom is -0.492 e. The number of rotatable bonds is 7. The molecule has 0 radical (unpaired) electrons. The Hall–Kier alpha value is -1.55. The Morgan fingerprint density at radius 3 is 3.00 bits per heavy atom. The van der Waals surface area contributed by atoms with E-state index in [0.717, 1.165) is 18.6 Å². The number of carbonyl (C=O) groups is 1. The second-order valence-corrected chi connectivity index (χ2v) is 4.68. The lowest BCUT2D eigenvalue weighted by Gasteiger charge is -2.08. The van der Waals surface area contributed by atoms with Gasteiger partial charge in [0.25, 0.3) is 0 Å². The number of amides is 1. The van der Waals surface area contributed by atoms with Crippen LogP contribution in [-0.4, -0.2) is 31.6 Å². The zero-order valence-electron chi connectivity index (χ0n) is 10.7. The van der Waals surface area contributed by atoms with E-state index in [1.165, 1.54) is 5.56 Å². The van der Waals surface area contributed by atoms with Gasteiger partial charge in [-0.2, -0.15) is 0 Å². The Morgan fingerprint density at radius 2 is 2.28 bits per heavy atom. The van der Waals surface area contributed by atoms with Crippen molar-refractivity contribution in [3.63, 3.8) is 0 Å². The molecule has 1 aliphatic carbocycles. The number of hydrogen-bond acceptors (Lipinski definition) is 3. The molecule has 18 heavy (non-hydrogen) atoms. The largest absolute Gasteiger partial charge is 0.492 e.